The van der Waals surface area contributed by atoms with E-state index in [1.54, 1.807) is 8.26 Å². The van der Waals surface area contributed by atoms with E-state index in [4.69, 9.17) is 0 Å². The van der Waals surface area contributed by atoms with E-state index in [-0.39, 0.29) is 24.8 Å². The van der Waals surface area contributed by atoms with E-state index in [1.165, 1.54) is 38.5 Å². The van der Waals surface area contributed by atoms with Crippen molar-refractivity contribution in [3.8, 4) is 0 Å². The number of halogens is 2. The van der Waals surface area contributed by atoms with Crippen LogP contribution in [-0.4, -0.2) is 0 Å². The zero-order valence-electron chi connectivity index (χ0n) is 26.8. The van der Waals surface area contributed by atoms with Gasteiger partial charge >= 0.3 is 236 Å². The van der Waals surface area contributed by atoms with Gasteiger partial charge in [-0.05, 0) is 0 Å². The summed E-state index contributed by atoms with van der Waals surface area (Å²) in [6, 6.07) is 0. The van der Waals surface area contributed by atoms with Crippen molar-refractivity contribution in [2.24, 2.45) is 47.3 Å². The Balaban J connectivity index is 0.00000210. The first kappa shape index (κ1) is 33.9. The standard InChI is InChI=1S/2C17H27.C2H4.2ClH.Zr/c2*1-6-13-7-15-9-14(11(2)3)10-16(12(4)5)17(15)8-13;1-2;;;/h2*7-8,11-12,14,16H,6,9-10H2,1-5H3;1-2H2;2*1H;/q;;;;;+2/p-2. The molecule has 4 aliphatic carbocycles. The van der Waals surface area contributed by atoms with Gasteiger partial charge in [0.05, 0.1) is 0 Å². The molecule has 1 aliphatic heterocycles. The van der Waals surface area contributed by atoms with E-state index >= 15 is 0 Å². The van der Waals surface area contributed by atoms with Crippen LogP contribution in [0.1, 0.15) is 108 Å². The molecule has 0 N–H and O–H groups in total. The van der Waals surface area contributed by atoms with Crippen molar-refractivity contribution in [1.82, 2.24) is 0 Å². The molecule has 1 fully saturated rings. The summed E-state index contributed by atoms with van der Waals surface area (Å²) in [5.41, 5.74) is 11.5. The Kier molecular flexibility index (Phi) is 11.3. The number of rotatable bonds is 8. The van der Waals surface area contributed by atoms with Crippen LogP contribution in [0.5, 0.6) is 0 Å². The topological polar surface area (TPSA) is 0 Å². The van der Waals surface area contributed by atoms with Crippen molar-refractivity contribution in [1.29, 1.82) is 0 Å². The maximum absolute atomic E-state index is 2.81. The predicted molar refractivity (Wildman–Crippen MR) is 160 cm³/mol. The monoisotopic (exact) mass is 650 g/mol. The van der Waals surface area contributed by atoms with E-state index < -0.39 is 20.3 Å². The van der Waals surface area contributed by atoms with E-state index in [9.17, 15) is 0 Å². The Bertz CT molecular complexity index is 941. The summed E-state index contributed by atoms with van der Waals surface area (Å²) in [4.78, 5) is 0. The van der Waals surface area contributed by atoms with Crippen molar-refractivity contribution in [3.63, 3.8) is 0 Å². The first-order chi connectivity index (χ1) is 17.5. The first-order valence-corrected chi connectivity index (χ1v) is 22.7. The van der Waals surface area contributed by atoms with Gasteiger partial charge in [0.25, 0.3) is 0 Å². The second kappa shape index (κ2) is 13.0. The molecule has 1 saturated heterocycles. The second-order valence-corrected chi connectivity index (χ2v) is 26.7. The summed E-state index contributed by atoms with van der Waals surface area (Å²) >= 11 is -2.48. The fourth-order valence-corrected chi connectivity index (χ4v) is 28.0. The molecule has 5 aliphatic rings. The van der Waals surface area contributed by atoms with E-state index in [0.717, 1.165) is 54.6 Å². The van der Waals surface area contributed by atoms with E-state index in [2.05, 4.69) is 81.4 Å². The van der Waals surface area contributed by atoms with Crippen LogP contribution in [-0.2, 0) is 20.3 Å². The van der Waals surface area contributed by atoms with Gasteiger partial charge in [-0.1, -0.05) is 0 Å². The van der Waals surface area contributed by atoms with Crippen LogP contribution in [0.3, 0.4) is 0 Å². The fourth-order valence-electron chi connectivity index (χ4n) is 9.54. The van der Waals surface area contributed by atoms with Gasteiger partial charge in [0.15, 0.2) is 0 Å². The normalized spacial score (nSPS) is 32.5. The molecular formula is C36H58Cl2Zr. The Morgan fingerprint density at radius 2 is 0.974 bits per heavy atom. The van der Waals surface area contributed by atoms with Crippen LogP contribution in [0.4, 0.5) is 0 Å². The van der Waals surface area contributed by atoms with Gasteiger partial charge in [-0.25, -0.2) is 0 Å². The molecular weight excluding hydrogens is 595 g/mol. The zero-order chi connectivity index (χ0) is 26.8. The first-order valence-electron chi connectivity index (χ1n) is 16.4. The molecule has 1 heterocycles. The van der Waals surface area contributed by atoms with Crippen molar-refractivity contribution in [2.75, 3.05) is 0 Å². The number of hydrogen-bond donors (Lipinski definition) is 0. The third kappa shape index (κ3) is 5.84. The Morgan fingerprint density at radius 1 is 0.615 bits per heavy atom. The van der Waals surface area contributed by atoms with Gasteiger partial charge < -0.3 is 24.8 Å². The van der Waals surface area contributed by atoms with Crippen LogP contribution in [0.15, 0.2) is 45.6 Å². The Hall–Kier alpha value is 0.423. The van der Waals surface area contributed by atoms with Gasteiger partial charge in [0.2, 0.25) is 0 Å². The third-order valence-electron chi connectivity index (χ3n) is 12.0. The zero-order valence-corrected chi connectivity index (χ0v) is 30.8. The van der Waals surface area contributed by atoms with Gasteiger partial charge in [0, 0.05) is 0 Å². The maximum Gasteiger partial charge on any atom is -1.00 e. The quantitative estimate of drug-likeness (QED) is 0.323. The molecule has 6 unspecified atom stereocenters. The average molecular weight is 653 g/mol. The molecule has 0 aromatic carbocycles. The van der Waals surface area contributed by atoms with Crippen LogP contribution >= 0.6 is 0 Å². The maximum atomic E-state index is 2.81. The van der Waals surface area contributed by atoms with Crippen LogP contribution in [0.25, 0.3) is 0 Å². The van der Waals surface area contributed by atoms with Crippen molar-refractivity contribution in [3.05, 3.63) is 45.6 Å². The molecule has 0 aromatic rings. The van der Waals surface area contributed by atoms with Crippen LogP contribution in [0, 0.1) is 47.3 Å². The molecule has 3 heteroatoms. The second-order valence-electron chi connectivity index (χ2n) is 15.3. The van der Waals surface area contributed by atoms with Gasteiger partial charge in [0.1, 0.15) is 0 Å². The molecule has 0 radical (unpaired) electrons. The predicted octanol–water partition coefficient (Wildman–Crippen LogP) is 5.55. The van der Waals surface area contributed by atoms with Crippen molar-refractivity contribution >= 4 is 0 Å². The molecule has 5 rings (SSSR count). The minimum absolute atomic E-state index is 0. The van der Waals surface area contributed by atoms with Crippen LogP contribution in [0.2, 0.25) is 15.5 Å². The van der Waals surface area contributed by atoms with Gasteiger partial charge in [-0.2, -0.15) is 0 Å². The summed E-state index contributed by atoms with van der Waals surface area (Å²) in [6.07, 6.45) is 13.9. The van der Waals surface area contributed by atoms with Gasteiger partial charge in [-0.3, -0.25) is 0 Å². The van der Waals surface area contributed by atoms with Crippen molar-refractivity contribution in [2.45, 2.75) is 123 Å². The van der Waals surface area contributed by atoms with E-state index in [1.807, 2.05) is 33.4 Å². The molecule has 0 spiro atoms. The Labute approximate surface area is 259 Å². The largest absolute Gasteiger partial charge is 1.00 e. The number of allylic oxidation sites excluding steroid dienone is 8. The fraction of sp³-hybridized carbons (Fsp3) is 0.778. The summed E-state index contributed by atoms with van der Waals surface area (Å²) in [5.74, 6) is 6.56. The molecule has 0 aromatic heterocycles. The molecule has 0 bridgehead atoms. The third-order valence-corrected chi connectivity index (χ3v) is 25.3. The molecule has 0 nitrogen and oxygen atoms in total. The van der Waals surface area contributed by atoms with Crippen LogP contribution < -0.4 is 24.8 Å². The van der Waals surface area contributed by atoms with Gasteiger partial charge in [-0.15, -0.1) is 0 Å². The Morgan fingerprint density at radius 3 is 1.23 bits per heavy atom. The smallest absolute Gasteiger partial charge is 1.00 e. The molecule has 0 saturated carbocycles. The number of hydrogen-bond acceptors (Lipinski definition) is 0. The minimum Gasteiger partial charge on any atom is -1.00 e. The van der Waals surface area contributed by atoms with E-state index in [0.29, 0.717) is 0 Å². The summed E-state index contributed by atoms with van der Waals surface area (Å²) in [5, 5.41) is 0. The molecule has 0 amide bonds. The average Bonchev–Trinajstić information content (AvgIpc) is 3.39. The molecule has 6 atom stereocenters. The summed E-state index contributed by atoms with van der Waals surface area (Å²) in [6.45, 7) is 25.0. The SMILES string of the molecule is CCC1=CC2=C(CC(C(C)C)CC2C(C)C)[CH]1[Zr+2]1([CH]2C(CC)=CC3=C2CC(C(C)C)CC3C(C)C)[CH2][CH2]1.[Cl-].[Cl-]. The summed E-state index contributed by atoms with van der Waals surface area (Å²) < 4.78 is 5.18. The molecule has 39 heavy (non-hydrogen) atoms. The van der Waals surface area contributed by atoms with Crippen molar-refractivity contribution < 1.29 is 45.1 Å². The minimum atomic E-state index is -2.48. The summed E-state index contributed by atoms with van der Waals surface area (Å²) in [7, 11) is 0. The molecule has 220 valence electrons.